The summed E-state index contributed by atoms with van der Waals surface area (Å²) in [6, 6.07) is 73.6. The highest BCUT2D eigenvalue weighted by Crippen LogP contribution is 2.40. The molecule has 11 rings (SSSR count). The van der Waals surface area contributed by atoms with E-state index in [1.165, 1.54) is 49.4 Å². The Bertz CT molecular complexity index is 3130. The van der Waals surface area contributed by atoms with Gasteiger partial charge in [0.25, 0.3) is 0 Å². The van der Waals surface area contributed by atoms with Crippen LogP contribution in [0.4, 0.5) is 17.1 Å². The van der Waals surface area contributed by atoms with E-state index in [1.54, 1.807) is 12.4 Å². The van der Waals surface area contributed by atoms with Crippen LogP contribution >= 0.6 is 0 Å². The fraction of sp³-hybridized carbons (Fsp3) is 0. The van der Waals surface area contributed by atoms with Gasteiger partial charge >= 0.3 is 0 Å². The third kappa shape index (κ3) is 6.22. The van der Waals surface area contributed by atoms with Crippen molar-refractivity contribution in [2.24, 2.45) is 0 Å². The molecule has 5 nitrogen and oxygen atoms in total. The zero-order chi connectivity index (χ0) is 39.1. The number of benzene rings is 8. The van der Waals surface area contributed by atoms with E-state index < -0.39 is 0 Å². The van der Waals surface area contributed by atoms with E-state index in [0.717, 1.165) is 39.6 Å². The lowest BCUT2D eigenvalue weighted by atomic mass is 10.0. The third-order valence-electron chi connectivity index (χ3n) is 11.3. The first-order valence-corrected chi connectivity index (χ1v) is 19.9. The lowest BCUT2D eigenvalue weighted by Crippen LogP contribution is -2.09. The third-order valence-corrected chi connectivity index (χ3v) is 11.3. The molecule has 0 N–H and O–H groups in total. The predicted molar refractivity (Wildman–Crippen MR) is 244 cm³/mol. The minimum Gasteiger partial charge on any atom is -0.316 e. The number of hydrogen-bond donors (Lipinski definition) is 0. The normalized spacial score (nSPS) is 11.4. The van der Waals surface area contributed by atoms with Gasteiger partial charge in [-0.3, -0.25) is 0 Å². The SMILES string of the molecule is c1ccc(-c2ccc(N(c3ccc(-c4ccc5c(c4)c4cc6ccn(-c7ccccc7)c6cc4n5-c4ccccc4)cc3)c3ccc(-c4ncccn4)cc3)cc2)cc1. The summed E-state index contributed by atoms with van der Waals surface area (Å²) in [4.78, 5) is 11.2. The Hall–Kier alpha value is -8.02. The first-order chi connectivity index (χ1) is 29.2. The average molecular weight is 756 g/mol. The lowest BCUT2D eigenvalue weighted by molar-refractivity contribution is 1.12. The van der Waals surface area contributed by atoms with Crippen LogP contribution in [-0.2, 0) is 0 Å². The zero-order valence-electron chi connectivity index (χ0n) is 32.1. The molecule has 0 saturated carbocycles. The summed E-state index contributed by atoms with van der Waals surface area (Å²) in [5.74, 6) is 0.709. The number of rotatable bonds is 8. The molecule has 59 heavy (non-hydrogen) atoms. The van der Waals surface area contributed by atoms with Crippen LogP contribution in [0.25, 0.3) is 77.7 Å². The quantitative estimate of drug-likeness (QED) is 0.155. The van der Waals surface area contributed by atoms with Crippen LogP contribution in [-0.4, -0.2) is 19.1 Å². The minimum absolute atomic E-state index is 0.709. The molecule has 0 bridgehead atoms. The van der Waals surface area contributed by atoms with E-state index in [0.29, 0.717) is 5.82 Å². The molecule has 0 spiro atoms. The van der Waals surface area contributed by atoms with Crippen molar-refractivity contribution in [2.75, 3.05) is 4.90 Å². The van der Waals surface area contributed by atoms with Gasteiger partial charge in [-0.15, -0.1) is 0 Å². The first-order valence-electron chi connectivity index (χ1n) is 19.9. The van der Waals surface area contributed by atoms with Crippen LogP contribution in [0.15, 0.2) is 225 Å². The number of hydrogen-bond acceptors (Lipinski definition) is 3. The van der Waals surface area contributed by atoms with Crippen LogP contribution in [0, 0.1) is 0 Å². The van der Waals surface area contributed by atoms with E-state index in [-0.39, 0.29) is 0 Å². The molecular weight excluding hydrogens is 719 g/mol. The highest BCUT2D eigenvalue weighted by Gasteiger charge is 2.18. The van der Waals surface area contributed by atoms with E-state index in [4.69, 9.17) is 0 Å². The summed E-state index contributed by atoms with van der Waals surface area (Å²) in [5.41, 5.74) is 14.7. The maximum absolute atomic E-state index is 4.47. The van der Waals surface area contributed by atoms with E-state index in [2.05, 4.69) is 230 Å². The van der Waals surface area contributed by atoms with E-state index in [1.807, 2.05) is 6.07 Å². The van der Waals surface area contributed by atoms with Crippen LogP contribution in [0.1, 0.15) is 0 Å². The molecule has 0 fully saturated rings. The summed E-state index contributed by atoms with van der Waals surface area (Å²) in [5, 5.41) is 3.67. The molecule has 3 heterocycles. The van der Waals surface area contributed by atoms with Crippen LogP contribution in [0.3, 0.4) is 0 Å². The van der Waals surface area contributed by atoms with Gasteiger partial charge in [0.15, 0.2) is 5.82 Å². The summed E-state index contributed by atoms with van der Waals surface area (Å²) in [6.45, 7) is 0. The monoisotopic (exact) mass is 755 g/mol. The van der Waals surface area contributed by atoms with Gasteiger partial charge in [-0.2, -0.15) is 0 Å². The molecule has 3 aromatic heterocycles. The van der Waals surface area contributed by atoms with Crippen molar-refractivity contribution in [3.05, 3.63) is 225 Å². The molecule has 5 heteroatoms. The second kappa shape index (κ2) is 14.5. The summed E-state index contributed by atoms with van der Waals surface area (Å²) < 4.78 is 4.68. The van der Waals surface area contributed by atoms with Crippen molar-refractivity contribution < 1.29 is 0 Å². The minimum atomic E-state index is 0.709. The Labute approximate surface area is 342 Å². The van der Waals surface area contributed by atoms with Crippen molar-refractivity contribution in [3.63, 3.8) is 0 Å². The molecule has 8 aromatic carbocycles. The Morgan fingerprint density at radius 2 is 0.864 bits per heavy atom. The first kappa shape index (κ1) is 34.2. The van der Waals surface area contributed by atoms with Crippen LogP contribution < -0.4 is 4.90 Å². The van der Waals surface area contributed by atoms with Gasteiger partial charge < -0.3 is 14.0 Å². The Morgan fingerprint density at radius 3 is 1.49 bits per heavy atom. The van der Waals surface area contributed by atoms with Crippen molar-refractivity contribution in [1.82, 2.24) is 19.1 Å². The molecule has 0 aliphatic heterocycles. The van der Waals surface area contributed by atoms with Gasteiger partial charge in [0.1, 0.15) is 0 Å². The smallest absolute Gasteiger partial charge is 0.159 e. The molecule has 0 atom stereocenters. The van der Waals surface area contributed by atoms with Crippen LogP contribution in [0.5, 0.6) is 0 Å². The standard InChI is InChI=1S/C54H37N5/c1-4-11-38(12-5-1)39-17-24-46(25-18-39)58(48-28-21-41(22-29-48)54-55-32-10-33-56-54)47-26-19-40(20-27-47)42-23-30-51-49(35-42)50-36-43-31-34-57(44-13-6-2-7-14-44)52(43)37-53(50)59(51)45-15-8-3-9-16-45/h1-37H. The predicted octanol–water partition coefficient (Wildman–Crippen LogP) is 14.0. The van der Waals surface area contributed by atoms with E-state index in [9.17, 15) is 0 Å². The van der Waals surface area contributed by atoms with Crippen LogP contribution in [0.2, 0.25) is 0 Å². The van der Waals surface area contributed by atoms with Crippen molar-refractivity contribution in [1.29, 1.82) is 0 Å². The topological polar surface area (TPSA) is 38.9 Å². The molecule has 278 valence electrons. The van der Waals surface area contributed by atoms with Gasteiger partial charge in [0.2, 0.25) is 0 Å². The molecule has 0 saturated heterocycles. The van der Waals surface area contributed by atoms with Crippen molar-refractivity contribution in [2.45, 2.75) is 0 Å². The molecule has 0 aliphatic rings. The van der Waals surface area contributed by atoms with E-state index >= 15 is 0 Å². The fourth-order valence-corrected chi connectivity index (χ4v) is 8.39. The van der Waals surface area contributed by atoms with Gasteiger partial charge in [0.05, 0.1) is 16.6 Å². The summed E-state index contributed by atoms with van der Waals surface area (Å²) in [6.07, 6.45) is 5.73. The number of para-hydroxylation sites is 2. The van der Waals surface area contributed by atoms with Gasteiger partial charge in [0, 0.05) is 68.7 Å². The summed E-state index contributed by atoms with van der Waals surface area (Å²) in [7, 11) is 0. The molecule has 0 radical (unpaired) electrons. The second-order valence-corrected chi connectivity index (χ2v) is 14.8. The van der Waals surface area contributed by atoms with Gasteiger partial charge in [-0.25, -0.2) is 9.97 Å². The number of aromatic nitrogens is 4. The highest BCUT2D eigenvalue weighted by atomic mass is 15.1. The van der Waals surface area contributed by atoms with Gasteiger partial charge in [-0.05, 0) is 131 Å². The van der Waals surface area contributed by atoms with Gasteiger partial charge in [-0.1, -0.05) is 97.1 Å². The Balaban J connectivity index is 1.00. The number of anilines is 3. The molecule has 0 aliphatic carbocycles. The van der Waals surface area contributed by atoms with Crippen molar-refractivity contribution in [3.8, 4) is 45.0 Å². The largest absolute Gasteiger partial charge is 0.316 e. The lowest BCUT2D eigenvalue weighted by Gasteiger charge is -2.26. The van der Waals surface area contributed by atoms with Crippen molar-refractivity contribution >= 4 is 49.8 Å². The molecule has 0 amide bonds. The summed E-state index contributed by atoms with van der Waals surface area (Å²) >= 11 is 0. The fourth-order valence-electron chi connectivity index (χ4n) is 8.39. The molecule has 0 unspecified atom stereocenters. The number of fused-ring (bicyclic) bond motifs is 4. The number of nitrogens with zero attached hydrogens (tertiary/aromatic N) is 5. The maximum atomic E-state index is 4.47. The highest BCUT2D eigenvalue weighted by molar-refractivity contribution is 6.14. The Morgan fingerprint density at radius 1 is 0.356 bits per heavy atom. The molecular formula is C54H37N5. The maximum Gasteiger partial charge on any atom is 0.159 e. The second-order valence-electron chi connectivity index (χ2n) is 14.8. The molecule has 11 aromatic rings. The zero-order valence-corrected chi connectivity index (χ0v) is 32.1. The Kier molecular flexibility index (Phi) is 8.41. The average Bonchev–Trinajstić information content (AvgIpc) is 3.88.